The van der Waals surface area contributed by atoms with Crippen LogP contribution in [0.15, 0.2) is 54.6 Å². The Hall–Kier alpha value is -3.33. The molecule has 0 bridgehead atoms. The lowest BCUT2D eigenvalue weighted by Crippen LogP contribution is -2.25. The zero-order chi connectivity index (χ0) is 21.1. The van der Waals surface area contributed by atoms with Gasteiger partial charge < -0.3 is 10.2 Å². The van der Waals surface area contributed by atoms with E-state index in [1.54, 1.807) is 9.47 Å². The topological polar surface area (TPSA) is 83.0 Å². The van der Waals surface area contributed by atoms with Crippen LogP contribution in [0.25, 0.3) is 0 Å². The van der Waals surface area contributed by atoms with Gasteiger partial charge >= 0.3 is 0 Å². The standard InChI is InChI=1S/C21H20FN5O2S/c22-16-6-8-17(9-7-16)23-18(28)13-27-20(24-25-21(27)30)15-10-19(29)26(12-15)11-14-4-2-1-3-5-14/h1-9,15H,10-13H2,(H,23,28)(H,25,30). The van der Waals surface area contributed by atoms with E-state index < -0.39 is 0 Å². The number of likely N-dealkylation sites (tertiary alicyclic amines) is 1. The molecule has 0 radical (unpaired) electrons. The van der Waals surface area contributed by atoms with E-state index in [4.69, 9.17) is 12.2 Å². The number of nitrogens with zero attached hydrogens (tertiary/aromatic N) is 3. The average molecular weight is 425 g/mol. The van der Waals surface area contributed by atoms with Crippen LogP contribution in [0.1, 0.15) is 23.7 Å². The van der Waals surface area contributed by atoms with E-state index in [0.717, 1.165) is 5.56 Å². The molecule has 1 unspecified atom stereocenters. The summed E-state index contributed by atoms with van der Waals surface area (Å²) in [4.78, 5) is 26.8. The molecule has 0 saturated carbocycles. The van der Waals surface area contributed by atoms with Gasteiger partial charge in [-0.25, -0.2) is 4.39 Å². The number of amides is 2. The number of hydrogen-bond acceptors (Lipinski definition) is 4. The molecule has 2 N–H and O–H groups in total. The number of carbonyl (C=O) groups excluding carboxylic acids is 2. The summed E-state index contributed by atoms with van der Waals surface area (Å²) in [6.07, 6.45) is 0.312. The number of nitrogens with one attached hydrogen (secondary N) is 2. The number of hydrogen-bond donors (Lipinski definition) is 2. The lowest BCUT2D eigenvalue weighted by atomic mass is 10.1. The number of carbonyl (C=O) groups is 2. The fourth-order valence-electron chi connectivity index (χ4n) is 3.57. The van der Waals surface area contributed by atoms with Gasteiger partial charge in [-0.3, -0.25) is 19.3 Å². The maximum atomic E-state index is 13.0. The molecular formula is C21H20FN5O2S. The van der Waals surface area contributed by atoms with Crippen LogP contribution in [-0.4, -0.2) is 38.0 Å². The van der Waals surface area contributed by atoms with Gasteiger partial charge in [-0.05, 0) is 42.0 Å². The monoisotopic (exact) mass is 425 g/mol. The number of aromatic nitrogens is 3. The van der Waals surface area contributed by atoms with Crippen molar-refractivity contribution in [3.8, 4) is 0 Å². The van der Waals surface area contributed by atoms with Crippen molar-refractivity contribution in [3.63, 3.8) is 0 Å². The van der Waals surface area contributed by atoms with E-state index in [1.807, 2.05) is 30.3 Å². The Morgan fingerprint density at radius 3 is 2.67 bits per heavy atom. The zero-order valence-electron chi connectivity index (χ0n) is 16.0. The second-order valence-electron chi connectivity index (χ2n) is 7.19. The molecule has 4 rings (SSSR count). The predicted octanol–water partition coefficient (Wildman–Crippen LogP) is 3.23. The molecule has 2 amide bonds. The highest BCUT2D eigenvalue weighted by atomic mass is 32.1. The Morgan fingerprint density at radius 2 is 1.93 bits per heavy atom. The highest BCUT2D eigenvalue weighted by Gasteiger charge is 2.34. The summed E-state index contributed by atoms with van der Waals surface area (Å²) in [7, 11) is 0. The molecule has 1 atom stereocenters. The van der Waals surface area contributed by atoms with Crippen molar-refractivity contribution in [2.45, 2.75) is 25.4 Å². The lowest BCUT2D eigenvalue weighted by molar-refractivity contribution is -0.128. The molecule has 9 heteroatoms. The normalized spacial score (nSPS) is 16.1. The number of aromatic amines is 1. The van der Waals surface area contributed by atoms with Crippen molar-refractivity contribution in [3.05, 3.63) is 76.6 Å². The third-order valence-electron chi connectivity index (χ3n) is 5.01. The SMILES string of the molecule is O=C(Cn1c(C2CC(=O)N(Cc3ccccc3)C2)n[nH]c1=S)Nc1ccc(F)cc1. The van der Waals surface area contributed by atoms with E-state index in [0.29, 0.717) is 35.8 Å². The molecule has 3 aromatic rings. The van der Waals surface area contributed by atoms with Gasteiger partial charge in [-0.1, -0.05) is 30.3 Å². The molecule has 2 aromatic carbocycles. The predicted molar refractivity (Wildman–Crippen MR) is 112 cm³/mol. The maximum absolute atomic E-state index is 13.0. The van der Waals surface area contributed by atoms with Crippen molar-refractivity contribution in [2.24, 2.45) is 0 Å². The summed E-state index contributed by atoms with van der Waals surface area (Å²) in [6.45, 7) is 0.991. The molecule has 2 heterocycles. The summed E-state index contributed by atoms with van der Waals surface area (Å²) in [6, 6.07) is 15.3. The van der Waals surface area contributed by atoms with Crippen molar-refractivity contribution in [1.82, 2.24) is 19.7 Å². The summed E-state index contributed by atoms with van der Waals surface area (Å²) in [5.41, 5.74) is 1.55. The van der Waals surface area contributed by atoms with E-state index in [1.165, 1.54) is 24.3 Å². The Labute approximate surface area is 177 Å². The summed E-state index contributed by atoms with van der Waals surface area (Å²) in [5, 5.41) is 9.72. The lowest BCUT2D eigenvalue weighted by Gasteiger charge is -2.17. The molecular weight excluding hydrogens is 405 g/mol. The molecule has 1 saturated heterocycles. The maximum Gasteiger partial charge on any atom is 0.244 e. The number of rotatable bonds is 6. The Kier molecular flexibility index (Phi) is 5.71. The van der Waals surface area contributed by atoms with Crippen molar-refractivity contribution >= 4 is 29.7 Å². The second-order valence-corrected chi connectivity index (χ2v) is 7.58. The minimum absolute atomic E-state index is 0.0417. The molecule has 0 spiro atoms. The van der Waals surface area contributed by atoms with Gasteiger partial charge in [-0.2, -0.15) is 5.10 Å². The first-order chi connectivity index (χ1) is 14.5. The van der Waals surface area contributed by atoms with Crippen molar-refractivity contribution in [2.75, 3.05) is 11.9 Å². The first kappa shape index (κ1) is 20.0. The van der Waals surface area contributed by atoms with Gasteiger partial charge in [0.2, 0.25) is 11.8 Å². The molecule has 0 aliphatic carbocycles. The number of anilines is 1. The zero-order valence-corrected chi connectivity index (χ0v) is 16.9. The van der Waals surface area contributed by atoms with Crippen LogP contribution >= 0.6 is 12.2 Å². The summed E-state index contributed by atoms with van der Waals surface area (Å²) in [5.74, 6) is -0.227. The van der Waals surface area contributed by atoms with Crippen LogP contribution < -0.4 is 5.32 Å². The van der Waals surface area contributed by atoms with Crippen molar-refractivity contribution in [1.29, 1.82) is 0 Å². The van der Waals surface area contributed by atoms with Crippen LogP contribution in [0, 0.1) is 10.6 Å². The molecule has 1 aliphatic heterocycles. The summed E-state index contributed by atoms with van der Waals surface area (Å²) < 4.78 is 15.0. The smallest absolute Gasteiger partial charge is 0.244 e. The fourth-order valence-corrected chi connectivity index (χ4v) is 3.78. The van der Waals surface area contributed by atoms with Gasteiger partial charge in [0.15, 0.2) is 4.77 Å². The first-order valence-electron chi connectivity index (χ1n) is 9.52. The van der Waals surface area contributed by atoms with Gasteiger partial charge in [0.25, 0.3) is 0 Å². The number of H-pyrrole nitrogens is 1. The third-order valence-corrected chi connectivity index (χ3v) is 5.33. The highest BCUT2D eigenvalue weighted by molar-refractivity contribution is 7.71. The van der Waals surface area contributed by atoms with Gasteiger partial charge in [-0.15, -0.1) is 0 Å². The van der Waals surface area contributed by atoms with E-state index in [-0.39, 0.29) is 30.1 Å². The van der Waals surface area contributed by atoms with Crippen LogP contribution in [0.2, 0.25) is 0 Å². The largest absolute Gasteiger partial charge is 0.338 e. The highest BCUT2D eigenvalue weighted by Crippen LogP contribution is 2.28. The van der Waals surface area contributed by atoms with E-state index in [2.05, 4.69) is 15.5 Å². The van der Waals surface area contributed by atoms with E-state index >= 15 is 0 Å². The first-order valence-corrected chi connectivity index (χ1v) is 9.92. The Morgan fingerprint density at radius 1 is 1.20 bits per heavy atom. The van der Waals surface area contributed by atoms with Crippen LogP contribution in [-0.2, 0) is 22.7 Å². The molecule has 30 heavy (non-hydrogen) atoms. The molecule has 154 valence electrons. The number of benzene rings is 2. The molecule has 1 aromatic heterocycles. The van der Waals surface area contributed by atoms with Gasteiger partial charge in [0, 0.05) is 31.1 Å². The summed E-state index contributed by atoms with van der Waals surface area (Å²) >= 11 is 5.29. The Balaban J connectivity index is 1.45. The minimum Gasteiger partial charge on any atom is -0.338 e. The van der Waals surface area contributed by atoms with Crippen LogP contribution in [0.5, 0.6) is 0 Å². The quantitative estimate of drug-likeness (QED) is 0.594. The average Bonchev–Trinajstić information content (AvgIpc) is 3.27. The van der Waals surface area contributed by atoms with E-state index in [9.17, 15) is 14.0 Å². The van der Waals surface area contributed by atoms with Crippen molar-refractivity contribution < 1.29 is 14.0 Å². The fraction of sp³-hybridized carbons (Fsp3) is 0.238. The number of halogens is 1. The third kappa shape index (κ3) is 4.46. The van der Waals surface area contributed by atoms with Crippen LogP contribution in [0.4, 0.5) is 10.1 Å². The molecule has 1 fully saturated rings. The van der Waals surface area contributed by atoms with Crippen LogP contribution in [0.3, 0.4) is 0 Å². The van der Waals surface area contributed by atoms with Gasteiger partial charge in [0.1, 0.15) is 18.2 Å². The second kappa shape index (κ2) is 8.58. The van der Waals surface area contributed by atoms with Gasteiger partial charge in [0.05, 0.1) is 0 Å². The Bertz CT molecular complexity index is 1110. The molecule has 1 aliphatic rings. The molecule has 7 nitrogen and oxygen atoms in total. The minimum atomic E-state index is -0.377.